The summed E-state index contributed by atoms with van der Waals surface area (Å²) in [6.07, 6.45) is 2.24. The molecule has 0 aliphatic heterocycles. The van der Waals surface area contributed by atoms with E-state index in [1.165, 1.54) is 4.90 Å². The number of carbonyl (C=O) groups excluding carboxylic acids is 2. The second kappa shape index (κ2) is 8.85. The summed E-state index contributed by atoms with van der Waals surface area (Å²) in [5.41, 5.74) is 5.60. The van der Waals surface area contributed by atoms with Gasteiger partial charge in [0.05, 0.1) is 17.5 Å². The molecule has 0 aromatic heterocycles. The molecule has 0 radical (unpaired) electrons. The highest BCUT2D eigenvalue weighted by molar-refractivity contribution is 7.80. The first-order chi connectivity index (χ1) is 8.47. The molecule has 1 atom stereocenters. The third-order valence-electron chi connectivity index (χ3n) is 2.64. The van der Waals surface area contributed by atoms with Crippen molar-refractivity contribution in [1.82, 2.24) is 10.2 Å². The monoisotopic (exact) mass is 273 g/mol. The van der Waals surface area contributed by atoms with Crippen molar-refractivity contribution in [3.8, 4) is 0 Å². The number of thiocarbonyl (C=S) groups is 1. The molecule has 0 rings (SSSR count). The van der Waals surface area contributed by atoms with Gasteiger partial charge in [0, 0.05) is 13.6 Å². The minimum atomic E-state index is -0.457. The van der Waals surface area contributed by atoms with E-state index < -0.39 is 5.92 Å². The van der Waals surface area contributed by atoms with Gasteiger partial charge >= 0.3 is 0 Å². The van der Waals surface area contributed by atoms with Crippen LogP contribution in [0.25, 0.3) is 0 Å². The molecule has 6 heteroatoms. The van der Waals surface area contributed by atoms with Crippen molar-refractivity contribution in [3.63, 3.8) is 0 Å². The Bertz CT molecular complexity index is 308. The fourth-order valence-electron chi connectivity index (χ4n) is 1.69. The van der Waals surface area contributed by atoms with Gasteiger partial charge in [-0.15, -0.1) is 0 Å². The maximum Gasteiger partial charge on any atom is 0.239 e. The summed E-state index contributed by atoms with van der Waals surface area (Å²) in [5, 5.41) is 2.51. The summed E-state index contributed by atoms with van der Waals surface area (Å²) in [6.45, 7) is 4.53. The van der Waals surface area contributed by atoms with E-state index in [1.54, 1.807) is 7.05 Å². The summed E-state index contributed by atoms with van der Waals surface area (Å²) in [4.78, 5) is 25.4. The highest BCUT2D eigenvalue weighted by atomic mass is 32.1. The van der Waals surface area contributed by atoms with Crippen molar-refractivity contribution in [3.05, 3.63) is 0 Å². The molecule has 0 aromatic rings. The Morgan fingerprint density at radius 2 is 1.94 bits per heavy atom. The maximum atomic E-state index is 12.3. The van der Waals surface area contributed by atoms with Crippen LogP contribution in [-0.2, 0) is 9.59 Å². The highest BCUT2D eigenvalue weighted by Gasteiger charge is 2.26. The van der Waals surface area contributed by atoms with Gasteiger partial charge < -0.3 is 16.0 Å². The number of nitrogens with two attached hydrogens (primary N) is 1. The normalized spacial score (nSPS) is 11.7. The topological polar surface area (TPSA) is 75.4 Å². The van der Waals surface area contributed by atoms with E-state index in [0.717, 1.165) is 12.8 Å². The van der Waals surface area contributed by atoms with Gasteiger partial charge in [-0.05, 0) is 12.8 Å². The summed E-state index contributed by atoms with van der Waals surface area (Å²) in [6, 6.07) is 0. The summed E-state index contributed by atoms with van der Waals surface area (Å²) < 4.78 is 0. The standard InChI is InChI=1S/C12H23N3O2S/c1-4-6-9(11(13)18)12(17)15(7-5-2)8-10(16)14-3/h9H,4-8H2,1-3H3,(H2,13,18)(H,14,16). The lowest BCUT2D eigenvalue weighted by atomic mass is 10.0. The Kier molecular flexibility index (Phi) is 8.28. The van der Waals surface area contributed by atoms with Gasteiger partial charge in [-0.3, -0.25) is 9.59 Å². The summed E-state index contributed by atoms with van der Waals surface area (Å²) in [5.74, 6) is -0.786. The molecular formula is C12H23N3O2S. The van der Waals surface area contributed by atoms with Gasteiger partial charge in [-0.1, -0.05) is 32.5 Å². The molecule has 0 saturated heterocycles. The summed E-state index contributed by atoms with van der Waals surface area (Å²) in [7, 11) is 1.55. The number of nitrogens with zero attached hydrogens (tertiary/aromatic N) is 1. The van der Waals surface area contributed by atoms with Crippen molar-refractivity contribution < 1.29 is 9.59 Å². The second-order valence-corrected chi connectivity index (χ2v) is 4.65. The van der Waals surface area contributed by atoms with Gasteiger partial charge in [-0.25, -0.2) is 0 Å². The van der Waals surface area contributed by atoms with E-state index >= 15 is 0 Å². The lowest BCUT2D eigenvalue weighted by Crippen LogP contribution is -2.45. The Balaban J connectivity index is 4.80. The first-order valence-corrected chi connectivity index (χ1v) is 6.67. The molecule has 0 heterocycles. The van der Waals surface area contributed by atoms with Gasteiger partial charge in [0.15, 0.2) is 0 Å². The highest BCUT2D eigenvalue weighted by Crippen LogP contribution is 2.11. The van der Waals surface area contributed by atoms with E-state index in [2.05, 4.69) is 5.32 Å². The van der Waals surface area contributed by atoms with Crippen molar-refractivity contribution in [1.29, 1.82) is 0 Å². The van der Waals surface area contributed by atoms with Gasteiger partial charge in [0.1, 0.15) is 0 Å². The molecule has 0 fully saturated rings. The molecule has 0 saturated carbocycles. The van der Waals surface area contributed by atoms with E-state index in [4.69, 9.17) is 18.0 Å². The zero-order valence-corrected chi connectivity index (χ0v) is 12.2. The van der Waals surface area contributed by atoms with Crippen LogP contribution in [0.1, 0.15) is 33.1 Å². The average molecular weight is 273 g/mol. The third kappa shape index (κ3) is 5.44. The van der Waals surface area contributed by atoms with Crippen molar-refractivity contribution in [2.24, 2.45) is 11.7 Å². The number of rotatable bonds is 8. The zero-order chi connectivity index (χ0) is 14.1. The Morgan fingerprint density at radius 3 is 2.33 bits per heavy atom. The van der Waals surface area contributed by atoms with Gasteiger partial charge in [0.2, 0.25) is 11.8 Å². The first kappa shape index (κ1) is 16.8. The average Bonchev–Trinajstić information content (AvgIpc) is 2.34. The van der Waals surface area contributed by atoms with E-state index in [-0.39, 0.29) is 23.3 Å². The molecule has 5 nitrogen and oxygen atoms in total. The number of hydrogen-bond acceptors (Lipinski definition) is 3. The van der Waals surface area contributed by atoms with Crippen LogP contribution < -0.4 is 11.1 Å². The zero-order valence-electron chi connectivity index (χ0n) is 11.4. The number of amides is 2. The van der Waals surface area contributed by atoms with Crippen LogP contribution in [0.4, 0.5) is 0 Å². The van der Waals surface area contributed by atoms with Crippen LogP contribution >= 0.6 is 12.2 Å². The largest absolute Gasteiger partial charge is 0.393 e. The fraction of sp³-hybridized carbons (Fsp3) is 0.750. The second-order valence-electron chi connectivity index (χ2n) is 4.18. The van der Waals surface area contributed by atoms with Gasteiger partial charge in [-0.2, -0.15) is 0 Å². The summed E-state index contributed by atoms with van der Waals surface area (Å²) >= 11 is 4.93. The van der Waals surface area contributed by atoms with Crippen LogP contribution in [0.2, 0.25) is 0 Å². The molecule has 0 aromatic carbocycles. The number of nitrogens with one attached hydrogen (secondary N) is 1. The van der Waals surface area contributed by atoms with Crippen molar-refractivity contribution >= 4 is 29.0 Å². The first-order valence-electron chi connectivity index (χ1n) is 6.26. The number of carbonyl (C=O) groups is 2. The predicted molar refractivity (Wildman–Crippen MR) is 76.1 cm³/mol. The molecule has 18 heavy (non-hydrogen) atoms. The minimum absolute atomic E-state index is 0.0615. The van der Waals surface area contributed by atoms with E-state index in [9.17, 15) is 9.59 Å². The Labute approximate surface area is 114 Å². The lowest BCUT2D eigenvalue weighted by Gasteiger charge is -2.25. The lowest BCUT2D eigenvalue weighted by molar-refractivity contribution is -0.137. The molecule has 0 spiro atoms. The molecule has 0 aliphatic rings. The smallest absolute Gasteiger partial charge is 0.239 e. The predicted octanol–water partition coefficient (Wildman–Crippen LogP) is 0.673. The molecular weight excluding hydrogens is 250 g/mol. The number of hydrogen-bond donors (Lipinski definition) is 2. The molecule has 0 bridgehead atoms. The number of likely N-dealkylation sites (N-methyl/N-ethyl adjacent to an activating group) is 1. The van der Waals surface area contributed by atoms with E-state index in [1.807, 2.05) is 13.8 Å². The Hall–Kier alpha value is -1.17. The van der Waals surface area contributed by atoms with Crippen LogP contribution in [-0.4, -0.2) is 41.8 Å². The quantitative estimate of drug-likeness (QED) is 0.638. The van der Waals surface area contributed by atoms with Crippen molar-refractivity contribution in [2.75, 3.05) is 20.1 Å². The molecule has 3 N–H and O–H groups in total. The molecule has 1 unspecified atom stereocenters. The van der Waals surface area contributed by atoms with Crippen LogP contribution in [0.15, 0.2) is 0 Å². The fourth-order valence-corrected chi connectivity index (χ4v) is 1.90. The molecule has 2 amide bonds. The van der Waals surface area contributed by atoms with Crippen LogP contribution in [0.3, 0.4) is 0 Å². The van der Waals surface area contributed by atoms with Gasteiger partial charge in [0.25, 0.3) is 0 Å². The molecule has 104 valence electrons. The minimum Gasteiger partial charge on any atom is -0.393 e. The van der Waals surface area contributed by atoms with Crippen LogP contribution in [0, 0.1) is 5.92 Å². The van der Waals surface area contributed by atoms with Crippen molar-refractivity contribution in [2.45, 2.75) is 33.1 Å². The maximum absolute atomic E-state index is 12.3. The SMILES string of the molecule is CCCC(C(=O)N(CCC)CC(=O)NC)C(N)=S. The molecule has 0 aliphatic carbocycles. The Morgan fingerprint density at radius 1 is 1.33 bits per heavy atom. The van der Waals surface area contributed by atoms with Crippen LogP contribution in [0.5, 0.6) is 0 Å². The third-order valence-corrected chi connectivity index (χ3v) is 2.92. The van der Waals surface area contributed by atoms with E-state index in [0.29, 0.717) is 13.0 Å².